The molecule has 0 aliphatic carbocycles. The van der Waals surface area contributed by atoms with Crippen molar-refractivity contribution in [2.24, 2.45) is 0 Å². The van der Waals surface area contributed by atoms with Crippen LogP contribution in [0.15, 0.2) is 30.3 Å². The van der Waals surface area contributed by atoms with Crippen molar-refractivity contribution in [3.05, 3.63) is 52.6 Å². The second kappa shape index (κ2) is 8.56. The summed E-state index contributed by atoms with van der Waals surface area (Å²) in [6.45, 7) is 10.6. The molecule has 25 heavy (non-hydrogen) atoms. The van der Waals surface area contributed by atoms with E-state index in [1.807, 2.05) is 32.0 Å². The Labute approximate surface area is 149 Å². The molecule has 0 N–H and O–H groups in total. The Balaban J connectivity index is 2.30. The highest BCUT2D eigenvalue weighted by atomic mass is 16.5. The predicted octanol–water partition coefficient (Wildman–Crippen LogP) is 4.90. The Morgan fingerprint density at radius 3 is 2.24 bits per heavy atom. The molecular formula is C21H26O4. The van der Waals surface area contributed by atoms with Gasteiger partial charge in [-0.15, -0.1) is 0 Å². The smallest absolute Gasteiger partial charge is 0.310 e. The van der Waals surface area contributed by atoms with Gasteiger partial charge in [-0.05, 0) is 62.6 Å². The van der Waals surface area contributed by atoms with E-state index in [1.165, 1.54) is 11.1 Å². The van der Waals surface area contributed by atoms with E-state index in [0.29, 0.717) is 24.5 Å². The van der Waals surface area contributed by atoms with Crippen molar-refractivity contribution in [2.45, 2.75) is 47.6 Å². The number of hydrogen-bond acceptors (Lipinski definition) is 4. The fraction of sp³-hybridized carbons (Fsp3) is 0.381. The number of carbonyl (C=O) groups is 1. The molecule has 4 heteroatoms. The van der Waals surface area contributed by atoms with Crippen LogP contribution < -0.4 is 14.2 Å². The fourth-order valence-electron chi connectivity index (χ4n) is 2.51. The SMILES string of the molecule is CCOc1cccc(OC(=O)CC)c1COc1cc(C)c(C)cc1C. The summed E-state index contributed by atoms with van der Waals surface area (Å²) < 4.78 is 17.2. The molecule has 0 saturated carbocycles. The molecule has 0 fully saturated rings. The van der Waals surface area contributed by atoms with Gasteiger partial charge >= 0.3 is 5.97 Å². The lowest BCUT2D eigenvalue weighted by atomic mass is 10.1. The minimum absolute atomic E-state index is 0.270. The minimum atomic E-state index is -0.280. The molecule has 2 rings (SSSR count). The first kappa shape index (κ1) is 18.8. The molecule has 0 aliphatic heterocycles. The van der Waals surface area contributed by atoms with E-state index in [2.05, 4.69) is 19.9 Å². The summed E-state index contributed by atoms with van der Waals surface area (Å²) in [7, 11) is 0. The van der Waals surface area contributed by atoms with Gasteiger partial charge in [0.2, 0.25) is 0 Å². The van der Waals surface area contributed by atoms with Crippen LogP contribution in [0.2, 0.25) is 0 Å². The summed E-state index contributed by atoms with van der Waals surface area (Å²) in [5.41, 5.74) is 4.22. The number of esters is 1. The topological polar surface area (TPSA) is 44.8 Å². The molecule has 0 saturated heterocycles. The van der Waals surface area contributed by atoms with Crippen LogP contribution in [0.5, 0.6) is 17.2 Å². The second-order valence-electron chi connectivity index (χ2n) is 5.98. The van der Waals surface area contributed by atoms with E-state index in [4.69, 9.17) is 14.2 Å². The van der Waals surface area contributed by atoms with Gasteiger partial charge in [-0.3, -0.25) is 4.79 Å². The van der Waals surface area contributed by atoms with Gasteiger partial charge in [0.15, 0.2) is 0 Å². The van der Waals surface area contributed by atoms with Gasteiger partial charge in [-0.2, -0.15) is 0 Å². The maximum absolute atomic E-state index is 11.7. The van der Waals surface area contributed by atoms with E-state index in [-0.39, 0.29) is 12.6 Å². The molecule has 0 atom stereocenters. The average Bonchev–Trinajstić information content (AvgIpc) is 2.58. The molecule has 0 radical (unpaired) electrons. The molecular weight excluding hydrogens is 316 g/mol. The standard InChI is InChI=1S/C21H26O4/c1-6-21(22)25-19-10-8-9-18(23-7-2)17(19)13-24-20-12-15(4)14(3)11-16(20)5/h8-12H,6-7,13H2,1-5H3. The van der Waals surface area contributed by atoms with Crippen molar-refractivity contribution < 1.29 is 19.0 Å². The van der Waals surface area contributed by atoms with Crippen LogP contribution in [0.3, 0.4) is 0 Å². The minimum Gasteiger partial charge on any atom is -0.493 e. The number of rotatable bonds is 7. The van der Waals surface area contributed by atoms with E-state index < -0.39 is 0 Å². The molecule has 134 valence electrons. The van der Waals surface area contributed by atoms with Gasteiger partial charge in [-0.1, -0.05) is 19.1 Å². The Bertz CT molecular complexity index is 750. The Morgan fingerprint density at radius 1 is 0.880 bits per heavy atom. The molecule has 0 spiro atoms. The zero-order chi connectivity index (χ0) is 18.4. The van der Waals surface area contributed by atoms with Gasteiger partial charge in [0, 0.05) is 6.42 Å². The van der Waals surface area contributed by atoms with Crippen molar-refractivity contribution in [2.75, 3.05) is 6.61 Å². The van der Waals surface area contributed by atoms with Crippen LogP contribution in [0.4, 0.5) is 0 Å². The Morgan fingerprint density at radius 2 is 1.56 bits per heavy atom. The van der Waals surface area contributed by atoms with Crippen molar-refractivity contribution >= 4 is 5.97 Å². The van der Waals surface area contributed by atoms with Gasteiger partial charge in [0.05, 0.1) is 12.2 Å². The van der Waals surface area contributed by atoms with Crippen LogP contribution in [0.1, 0.15) is 42.5 Å². The van der Waals surface area contributed by atoms with Gasteiger partial charge in [0.1, 0.15) is 23.9 Å². The number of aryl methyl sites for hydroxylation is 3. The average molecular weight is 342 g/mol. The molecule has 0 aromatic heterocycles. The molecule has 4 nitrogen and oxygen atoms in total. The summed E-state index contributed by atoms with van der Waals surface area (Å²) in [6.07, 6.45) is 0.315. The molecule has 2 aromatic rings. The molecule has 0 unspecified atom stereocenters. The largest absolute Gasteiger partial charge is 0.493 e. The maximum Gasteiger partial charge on any atom is 0.310 e. The fourth-order valence-corrected chi connectivity index (χ4v) is 2.51. The summed E-state index contributed by atoms with van der Waals surface area (Å²) in [6, 6.07) is 9.58. The predicted molar refractivity (Wildman–Crippen MR) is 98.5 cm³/mol. The van der Waals surface area contributed by atoms with Gasteiger partial charge in [0.25, 0.3) is 0 Å². The number of hydrogen-bond donors (Lipinski definition) is 0. The Hall–Kier alpha value is -2.49. The zero-order valence-corrected chi connectivity index (χ0v) is 15.6. The first-order chi connectivity index (χ1) is 12.0. The molecule has 0 bridgehead atoms. The van der Waals surface area contributed by atoms with Crippen LogP contribution in [0, 0.1) is 20.8 Å². The van der Waals surface area contributed by atoms with Gasteiger partial charge < -0.3 is 14.2 Å². The third-order valence-electron chi connectivity index (χ3n) is 4.07. The van der Waals surface area contributed by atoms with Crippen LogP contribution in [0.25, 0.3) is 0 Å². The van der Waals surface area contributed by atoms with E-state index in [0.717, 1.165) is 16.9 Å². The van der Waals surface area contributed by atoms with Crippen LogP contribution in [-0.4, -0.2) is 12.6 Å². The lowest BCUT2D eigenvalue weighted by Crippen LogP contribution is -2.10. The molecule has 0 amide bonds. The number of benzene rings is 2. The first-order valence-electron chi connectivity index (χ1n) is 8.62. The van der Waals surface area contributed by atoms with E-state index >= 15 is 0 Å². The van der Waals surface area contributed by atoms with Crippen molar-refractivity contribution in [3.63, 3.8) is 0 Å². The third kappa shape index (κ3) is 4.75. The second-order valence-corrected chi connectivity index (χ2v) is 5.98. The zero-order valence-electron chi connectivity index (χ0n) is 15.6. The van der Waals surface area contributed by atoms with E-state index in [1.54, 1.807) is 13.0 Å². The lowest BCUT2D eigenvalue weighted by molar-refractivity contribution is -0.134. The summed E-state index contributed by atoms with van der Waals surface area (Å²) in [4.78, 5) is 11.7. The first-order valence-corrected chi connectivity index (χ1v) is 8.62. The van der Waals surface area contributed by atoms with Crippen LogP contribution >= 0.6 is 0 Å². The molecule has 0 heterocycles. The number of ether oxygens (including phenoxy) is 3. The summed E-state index contributed by atoms with van der Waals surface area (Å²) in [5.74, 6) is 1.70. The maximum atomic E-state index is 11.7. The Kier molecular flexibility index (Phi) is 6.45. The molecule has 0 aliphatic rings. The lowest BCUT2D eigenvalue weighted by Gasteiger charge is -2.17. The monoisotopic (exact) mass is 342 g/mol. The quantitative estimate of drug-likeness (QED) is 0.530. The van der Waals surface area contributed by atoms with Crippen LogP contribution in [-0.2, 0) is 11.4 Å². The summed E-state index contributed by atoms with van der Waals surface area (Å²) in [5, 5.41) is 0. The number of carbonyl (C=O) groups excluding carboxylic acids is 1. The van der Waals surface area contributed by atoms with Crippen molar-refractivity contribution in [1.82, 2.24) is 0 Å². The third-order valence-corrected chi connectivity index (χ3v) is 4.07. The highest BCUT2D eigenvalue weighted by Gasteiger charge is 2.15. The highest BCUT2D eigenvalue weighted by molar-refractivity contribution is 5.72. The van der Waals surface area contributed by atoms with Crippen molar-refractivity contribution in [1.29, 1.82) is 0 Å². The summed E-state index contributed by atoms with van der Waals surface area (Å²) >= 11 is 0. The van der Waals surface area contributed by atoms with Gasteiger partial charge in [-0.25, -0.2) is 0 Å². The highest BCUT2D eigenvalue weighted by Crippen LogP contribution is 2.31. The van der Waals surface area contributed by atoms with Crippen molar-refractivity contribution in [3.8, 4) is 17.2 Å². The normalized spacial score (nSPS) is 10.4. The van der Waals surface area contributed by atoms with E-state index in [9.17, 15) is 4.79 Å². The molecule has 2 aromatic carbocycles.